The molecular weight excluding hydrogens is 310 g/mol. The number of rotatable bonds is 2. The van der Waals surface area contributed by atoms with Gasteiger partial charge in [-0.2, -0.15) is 0 Å². The number of benzene rings is 2. The molecule has 0 spiro atoms. The van der Waals surface area contributed by atoms with Gasteiger partial charge in [-0.3, -0.25) is 4.79 Å². The molecule has 1 N–H and O–H groups in total. The summed E-state index contributed by atoms with van der Waals surface area (Å²) in [6, 6.07) is 16.7. The number of carbonyl (C=O) groups is 1. The van der Waals surface area contributed by atoms with Crippen LogP contribution in [-0.2, 0) is 0 Å². The zero-order valence-electron chi connectivity index (χ0n) is 9.60. The maximum absolute atomic E-state index is 11.8. The van der Waals surface area contributed by atoms with E-state index in [4.69, 9.17) is 0 Å². The molecule has 0 unspecified atom stereocenters. The molecule has 0 radical (unpaired) electrons. The first-order chi connectivity index (χ1) is 8.77. The minimum Gasteiger partial charge on any atom is -0.321 e. The third-order valence-corrected chi connectivity index (χ3v) is 2.85. The molecule has 0 aliphatic rings. The number of anilines is 1. The molecule has 0 aliphatic heterocycles. The van der Waals surface area contributed by atoms with E-state index in [0.29, 0.717) is 5.56 Å². The number of thiocarbonyl (C=S) groups is 1. The Labute approximate surface area is 120 Å². The van der Waals surface area contributed by atoms with E-state index in [9.17, 15) is 4.79 Å². The van der Waals surface area contributed by atoms with Crippen molar-refractivity contribution in [1.29, 1.82) is 0 Å². The smallest absolute Gasteiger partial charge is 0.255 e. The molecule has 0 saturated carbocycles. The number of amides is 1. The van der Waals surface area contributed by atoms with Crippen LogP contribution < -0.4 is 5.32 Å². The Morgan fingerprint density at radius 3 is 2.17 bits per heavy atom. The third kappa shape index (κ3) is 4.05. The number of para-hydroxylation sites is 1. The predicted molar refractivity (Wildman–Crippen MR) is 83.2 cm³/mol. The molecule has 18 heavy (non-hydrogen) atoms. The monoisotopic (exact) mass is 321 g/mol. The molecule has 2 nitrogen and oxygen atoms in total. The number of hydrogen-bond acceptors (Lipinski definition) is 2. The fourth-order valence-corrected chi connectivity index (χ4v) is 1.73. The average molecular weight is 322 g/mol. The fourth-order valence-electron chi connectivity index (χ4n) is 1.35. The van der Waals surface area contributed by atoms with E-state index >= 15 is 0 Å². The second-order valence-electron chi connectivity index (χ2n) is 3.30. The van der Waals surface area contributed by atoms with Crippen molar-refractivity contribution in [3.05, 3.63) is 64.6 Å². The Balaban J connectivity index is 0.000000771. The summed E-state index contributed by atoms with van der Waals surface area (Å²) in [5, 5.41) is 2.84. The molecule has 0 bridgehead atoms. The van der Waals surface area contributed by atoms with Gasteiger partial charge in [0.1, 0.15) is 0 Å². The van der Waals surface area contributed by atoms with E-state index in [1.54, 1.807) is 12.1 Å². The van der Waals surface area contributed by atoms with E-state index in [1.807, 2.05) is 42.5 Å². The van der Waals surface area contributed by atoms with Gasteiger partial charge in [0.25, 0.3) is 5.91 Å². The van der Waals surface area contributed by atoms with Gasteiger partial charge in [-0.05, 0) is 46.1 Å². The fraction of sp³-hybridized carbons (Fsp3) is 0. The molecule has 2 rings (SSSR count). The van der Waals surface area contributed by atoms with Crippen molar-refractivity contribution in [3.63, 3.8) is 0 Å². The highest BCUT2D eigenvalue weighted by molar-refractivity contribution is 9.10. The maximum atomic E-state index is 11.8. The highest BCUT2D eigenvalue weighted by Gasteiger charge is 2.06. The van der Waals surface area contributed by atoms with Crippen LogP contribution in [0.3, 0.4) is 0 Å². The first-order valence-electron chi connectivity index (χ1n) is 5.17. The third-order valence-electron chi connectivity index (χ3n) is 2.16. The van der Waals surface area contributed by atoms with E-state index < -0.39 is 0 Å². The van der Waals surface area contributed by atoms with Gasteiger partial charge in [-0.25, -0.2) is 0 Å². The van der Waals surface area contributed by atoms with Gasteiger partial charge in [-0.15, -0.1) is 0 Å². The molecule has 2 aromatic rings. The van der Waals surface area contributed by atoms with Crippen molar-refractivity contribution in [1.82, 2.24) is 0 Å². The Bertz CT molecular complexity index is 516. The molecular formula is C14H12BrNOS. The normalized spacial score (nSPS) is 8.94. The van der Waals surface area contributed by atoms with Crippen LogP contribution in [0.4, 0.5) is 5.69 Å². The molecule has 92 valence electrons. The lowest BCUT2D eigenvalue weighted by Crippen LogP contribution is -2.11. The summed E-state index contributed by atoms with van der Waals surface area (Å²) in [6.07, 6.45) is 0. The van der Waals surface area contributed by atoms with Crippen molar-refractivity contribution in [2.45, 2.75) is 0 Å². The van der Waals surface area contributed by atoms with Crippen LogP contribution in [0.5, 0.6) is 0 Å². The lowest BCUT2D eigenvalue weighted by Gasteiger charge is -2.06. The molecule has 0 fully saturated rings. The Morgan fingerprint density at radius 1 is 1.00 bits per heavy atom. The zero-order chi connectivity index (χ0) is 13.4. The molecule has 0 atom stereocenters. The van der Waals surface area contributed by atoms with Crippen LogP contribution in [0.2, 0.25) is 0 Å². The molecule has 0 aromatic heterocycles. The van der Waals surface area contributed by atoms with Gasteiger partial charge in [0.15, 0.2) is 0 Å². The van der Waals surface area contributed by atoms with Gasteiger partial charge < -0.3 is 5.32 Å². The predicted octanol–water partition coefficient (Wildman–Crippen LogP) is 4.32. The lowest BCUT2D eigenvalue weighted by atomic mass is 10.2. The van der Waals surface area contributed by atoms with Crippen molar-refractivity contribution in [2.24, 2.45) is 0 Å². The minimum absolute atomic E-state index is 0.104. The topological polar surface area (TPSA) is 29.1 Å². The van der Waals surface area contributed by atoms with E-state index in [-0.39, 0.29) is 5.91 Å². The summed E-state index contributed by atoms with van der Waals surface area (Å²) < 4.78 is 0.874. The van der Waals surface area contributed by atoms with E-state index in [0.717, 1.165) is 10.2 Å². The summed E-state index contributed by atoms with van der Waals surface area (Å²) in [5.74, 6) is 2.73. The van der Waals surface area contributed by atoms with E-state index in [1.165, 1.54) is 0 Å². The summed E-state index contributed by atoms with van der Waals surface area (Å²) in [6.45, 7) is 0. The number of carbonyl (C=O) groups excluding carboxylic acids is 1. The van der Waals surface area contributed by atoms with Crippen LogP contribution in [0, 0.1) is 0 Å². The molecule has 2 aromatic carbocycles. The Hall–Kier alpha value is -1.52. The Morgan fingerprint density at radius 2 is 1.56 bits per heavy atom. The SMILES string of the molecule is C=S.O=C(Nc1ccccc1Br)c1ccccc1. The van der Waals surface area contributed by atoms with Crippen molar-refractivity contribution in [3.8, 4) is 0 Å². The number of halogens is 1. The van der Waals surface area contributed by atoms with E-state index in [2.05, 4.69) is 39.3 Å². The van der Waals surface area contributed by atoms with Gasteiger partial charge in [0.05, 0.1) is 5.69 Å². The van der Waals surface area contributed by atoms with Crippen LogP contribution in [0.1, 0.15) is 10.4 Å². The second kappa shape index (κ2) is 7.74. The molecule has 0 aliphatic carbocycles. The van der Waals surface area contributed by atoms with Crippen LogP contribution >= 0.6 is 28.1 Å². The summed E-state index contributed by atoms with van der Waals surface area (Å²) in [5.41, 5.74) is 1.43. The number of nitrogens with one attached hydrogen (secondary N) is 1. The van der Waals surface area contributed by atoms with Crippen LogP contribution in [-0.4, -0.2) is 11.8 Å². The molecule has 0 heterocycles. The van der Waals surface area contributed by atoms with Crippen molar-refractivity contribution >= 4 is 45.6 Å². The standard InChI is InChI=1S/C13H10BrNO.CH2S/c14-11-8-4-5-9-12(11)15-13(16)10-6-2-1-3-7-10;1-2/h1-9H,(H,15,16);1H2. The zero-order valence-corrected chi connectivity index (χ0v) is 12.0. The summed E-state index contributed by atoms with van der Waals surface area (Å²) in [4.78, 5) is 11.8. The van der Waals surface area contributed by atoms with Crippen LogP contribution in [0.25, 0.3) is 0 Å². The van der Waals surface area contributed by atoms with Gasteiger partial charge in [-0.1, -0.05) is 42.5 Å². The molecule has 0 saturated heterocycles. The minimum atomic E-state index is -0.104. The molecule has 1 amide bonds. The van der Waals surface area contributed by atoms with Crippen LogP contribution in [0.15, 0.2) is 59.1 Å². The summed E-state index contributed by atoms with van der Waals surface area (Å²) >= 11 is 7.22. The average Bonchev–Trinajstić information content (AvgIpc) is 2.44. The molecule has 4 heteroatoms. The van der Waals surface area contributed by atoms with Gasteiger partial charge in [0, 0.05) is 10.0 Å². The number of hydrogen-bond donors (Lipinski definition) is 1. The highest BCUT2D eigenvalue weighted by atomic mass is 79.9. The first kappa shape index (κ1) is 14.5. The van der Waals surface area contributed by atoms with Gasteiger partial charge >= 0.3 is 0 Å². The first-order valence-corrected chi connectivity index (χ1v) is 6.54. The maximum Gasteiger partial charge on any atom is 0.255 e. The van der Waals surface area contributed by atoms with Crippen molar-refractivity contribution in [2.75, 3.05) is 5.32 Å². The summed E-state index contributed by atoms with van der Waals surface area (Å²) in [7, 11) is 0. The second-order valence-corrected chi connectivity index (χ2v) is 4.15. The Kier molecular flexibility index (Phi) is 6.25. The van der Waals surface area contributed by atoms with Crippen molar-refractivity contribution < 1.29 is 4.79 Å². The lowest BCUT2D eigenvalue weighted by molar-refractivity contribution is 0.102. The largest absolute Gasteiger partial charge is 0.321 e. The van der Waals surface area contributed by atoms with Gasteiger partial charge in [0.2, 0.25) is 0 Å². The quantitative estimate of drug-likeness (QED) is 0.835. The highest BCUT2D eigenvalue weighted by Crippen LogP contribution is 2.21.